The highest BCUT2D eigenvalue weighted by Crippen LogP contribution is 2.27. The standard InChI is InChI=1S/C14H12ClIO2/c15-13-2-1-3-14(12(13)8-17)18-9-10-4-6-11(16)7-5-10/h1-7,17H,8-9H2. The zero-order valence-electron chi connectivity index (χ0n) is 9.57. The molecule has 4 heteroatoms. The van der Waals surface area contributed by atoms with Crippen molar-refractivity contribution in [1.82, 2.24) is 0 Å². The molecule has 0 saturated heterocycles. The topological polar surface area (TPSA) is 29.5 Å². The lowest BCUT2D eigenvalue weighted by Crippen LogP contribution is -1.99. The van der Waals surface area contributed by atoms with Crippen LogP contribution in [0.1, 0.15) is 11.1 Å². The van der Waals surface area contributed by atoms with Gasteiger partial charge in [-0.3, -0.25) is 0 Å². The molecule has 2 nitrogen and oxygen atoms in total. The number of rotatable bonds is 4. The van der Waals surface area contributed by atoms with Gasteiger partial charge in [0.25, 0.3) is 0 Å². The molecular weight excluding hydrogens is 363 g/mol. The summed E-state index contributed by atoms with van der Waals surface area (Å²) in [5.41, 5.74) is 1.71. The third kappa shape index (κ3) is 3.37. The van der Waals surface area contributed by atoms with Crippen molar-refractivity contribution in [3.63, 3.8) is 0 Å². The fraction of sp³-hybridized carbons (Fsp3) is 0.143. The summed E-state index contributed by atoms with van der Waals surface area (Å²) in [6.45, 7) is 0.339. The molecule has 0 unspecified atom stereocenters. The van der Waals surface area contributed by atoms with Gasteiger partial charge in [-0.05, 0) is 52.4 Å². The zero-order chi connectivity index (χ0) is 13.0. The highest BCUT2D eigenvalue weighted by Gasteiger charge is 2.07. The van der Waals surface area contributed by atoms with Crippen LogP contribution in [0.4, 0.5) is 0 Å². The Balaban J connectivity index is 2.10. The third-order valence-corrected chi connectivity index (χ3v) is 3.61. The lowest BCUT2D eigenvalue weighted by molar-refractivity contribution is 0.259. The molecule has 94 valence electrons. The van der Waals surface area contributed by atoms with Crippen LogP contribution in [-0.4, -0.2) is 5.11 Å². The van der Waals surface area contributed by atoms with Gasteiger partial charge in [-0.1, -0.05) is 29.8 Å². The molecule has 2 aromatic carbocycles. The Hall–Kier alpha value is -0.780. The Kier molecular flexibility index (Phi) is 4.86. The lowest BCUT2D eigenvalue weighted by atomic mass is 10.2. The molecule has 0 aliphatic carbocycles. The number of aliphatic hydroxyl groups excluding tert-OH is 1. The number of hydrogen-bond acceptors (Lipinski definition) is 2. The monoisotopic (exact) mass is 374 g/mol. The number of halogens is 2. The van der Waals surface area contributed by atoms with Gasteiger partial charge in [0.05, 0.1) is 6.61 Å². The number of hydrogen-bond donors (Lipinski definition) is 1. The van der Waals surface area contributed by atoms with Gasteiger partial charge in [0, 0.05) is 14.2 Å². The van der Waals surface area contributed by atoms with E-state index in [0.717, 1.165) is 5.56 Å². The molecule has 0 radical (unpaired) electrons. The first-order valence-electron chi connectivity index (χ1n) is 5.46. The maximum Gasteiger partial charge on any atom is 0.126 e. The van der Waals surface area contributed by atoms with Crippen LogP contribution in [0, 0.1) is 3.57 Å². The highest BCUT2D eigenvalue weighted by atomic mass is 127. The van der Waals surface area contributed by atoms with Crippen LogP contribution in [0.15, 0.2) is 42.5 Å². The van der Waals surface area contributed by atoms with E-state index in [9.17, 15) is 5.11 Å². The van der Waals surface area contributed by atoms with Gasteiger partial charge < -0.3 is 9.84 Å². The first-order chi connectivity index (χ1) is 8.70. The predicted octanol–water partition coefficient (Wildman–Crippen LogP) is 4.02. The largest absolute Gasteiger partial charge is 0.488 e. The predicted molar refractivity (Wildman–Crippen MR) is 80.9 cm³/mol. The quantitative estimate of drug-likeness (QED) is 0.819. The summed E-state index contributed by atoms with van der Waals surface area (Å²) in [4.78, 5) is 0. The summed E-state index contributed by atoms with van der Waals surface area (Å²) in [6, 6.07) is 13.5. The second kappa shape index (κ2) is 6.41. The molecule has 0 amide bonds. The van der Waals surface area contributed by atoms with Crippen molar-refractivity contribution in [3.05, 3.63) is 62.2 Å². The average molecular weight is 375 g/mol. The maximum absolute atomic E-state index is 9.27. The molecule has 0 aliphatic heterocycles. The molecule has 0 atom stereocenters. The van der Waals surface area contributed by atoms with Gasteiger partial charge in [0.15, 0.2) is 0 Å². The normalized spacial score (nSPS) is 10.4. The third-order valence-electron chi connectivity index (χ3n) is 2.54. The van der Waals surface area contributed by atoms with Gasteiger partial charge in [0.2, 0.25) is 0 Å². The van der Waals surface area contributed by atoms with Crippen LogP contribution in [0.5, 0.6) is 5.75 Å². The smallest absolute Gasteiger partial charge is 0.126 e. The lowest BCUT2D eigenvalue weighted by Gasteiger charge is -2.11. The number of aliphatic hydroxyl groups is 1. The van der Waals surface area contributed by atoms with Crippen LogP contribution in [0.25, 0.3) is 0 Å². The van der Waals surface area contributed by atoms with Crippen molar-refractivity contribution >= 4 is 34.2 Å². The van der Waals surface area contributed by atoms with E-state index in [0.29, 0.717) is 22.9 Å². The van der Waals surface area contributed by atoms with Crippen LogP contribution < -0.4 is 4.74 Å². The van der Waals surface area contributed by atoms with Gasteiger partial charge in [-0.2, -0.15) is 0 Å². The minimum absolute atomic E-state index is 0.123. The minimum atomic E-state index is -0.123. The van der Waals surface area contributed by atoms with E-state index in [2.05, 4.69) is 22.6 Å². The van der Waals surface area contributed by atoms with Crippen molar-refractivity contribution in [2.45, 2.75) is 13.2 Å². The summed E-state index contributed by atoms with van der Waals surface area (Å²) in [7, 11) is 0. The van der Waals surface area contributed by atoms with Gasteiger partial charge in [0.1, 0.15) is 12.4 Å². The Labute approximate surface area is 125 Å². The van der Waals surface area contributed by atoms with Gasteiger partial charge >= 0.3 is 0 Å². The van der Waals surface area contributed by atoms with E-state index in [-0.39, 0.29) is 6.61 Å². The first kappa shape index (κ1) is 13.6. The molecule has 0 fully saturated rings. The molecule has 1 N–H and O–H groups in total. The number of benzene rings is 2. The molecule has 0 aromatic heterocycles. The minimum Gasteiger partial charge on any atom is -0.488 e. The van der Waals surface area contributed by atoms with Crippen LogP contribution >= 0.6 is 34.2 Å². The molecular formula is C14H12ClIO2. The summed E-state index contributed by atoms with van der Waals surface area (Å²) < 4.78 is 6.88. The molecule has 0 spiro atoms. The van der Waals surface area contributed by atoms with Crippen LogP contribution in [-0.2, 0) is 13.2 Å². The Morgan fingerprint density at radius 3 is 2.50 bits per heavy atom. The second-order valence-corrected chi connectivity index (χ2v) is 5.44. The van der Waals surface area contributed by atoms with Crippen LogP contribution in [0.2, 0.25) is 5.02 Å². The van der Waals surface area contributed by atoms with Crippen molar-refractivity contribution in [2.24, 2.45) is 0 Å². The van der Waals surface area contributed by atoms with Crippen molar-refractivity contribution in [2.75, 3.05) is 0 Å². The maximum atomic E-state index is 9.27. The summed E-state index contributed by atoms with van der Waals surface area (Å²) in [5, 5.41) is 9.79. The van der Waals surface area contributed by atoms with E-state index in [1.54, 1.807) is 6.07 Å². The van der Waals surface area contributed by atoms with Crippen LogP contribution in [0.3, 0.4) is 0 Å². The molecule has 0 heterocycles. The van der Waals surface area contributed by atoms with Crippen molar-refractivity contribution in [1.29, 1.82) is 0 Å². The average Bonchev–Trinajstić information content (AvgIpc) is 2.38. The molecule has 0 aliphatic rings. The zero-order valence-corrected chi connectivity index (χ0v) is 12.5. The first-order valence-corrected chi connectivity index (χ1v) is 6.92. The molecule has 0 bridgehead atoms. The Morgan fingerprint density at radius 2 is 1.83 bits per heavy atom. The van der Waals surface area contributed by atoms with E-state index in [1.165, 1.54) is 3.57 Å². The van der Waals surface area contributed by atoms with E-state index in [1.807, 2.05) is 36.4 Å². The summed E-state index contributed by atoms with van der Waals surface area (Å²) in [5.74, 6) is 0.628. The fourth-order valence-electron chi connectivity index (χ4n) is 1.57. The number of ether oxygens (including phenoxy) is 1. The summed E-state index contributed by atoms with van der Waals surface area (Å²) in [6.07, 6.45) is 0. The molecule has 18 heavy (non-hydrogen) atoms. The fourth-order valence-corrected chi connectivity index (χ4v) is 2.15. The highest BCUT2D eigenvalue weighted by molar-refractivity contribution is 14.1. The SMILES string of the molecule is OCc1c(Cl)cccc1OCc1ccc(I)cc1. The van der Waals surface area contributed by atoms with E-state index >= 15 is 0 Å². The van der Waals surface area contributed by atoms with Crippen molar-refractivity contribution < 1.29 is 9.84 Å². The molecule has 2 rings (SSSR count). The Morgan fingerprint density at radius 1 is 1.11 bits per heavy atom. The molecule has 0 saturated carbocycles. The van der Waals surface area contributed by atoms with Gasteiger partial charge in [-0.15, -0.1) is 0 Å². The van der Waals surface area contributed by atoms with E-state index in [4.69, 9.17) is 16.3 Å². The van der Waals surface area contributed by atoms with Gasteiger partial charge in [-0.25, -0.2) is 0 Å². The summed E-state index contributed by atoms with van der Waals surface area (Å²) >= 11 is 8.25. The van der Waals surface area contributed by atoms with Crippen molar-refractivity contribution in [3.8, 4) is 5.75 Å². The molecule has 2 aromatic rings. The second-order valence-electron chi connectivity index (χ2n) is 3.79. The van der Waals surface area contributed by atoms with E-state index < -0.39 is 0 Å². The Bertz CT molecular complexity index is 526.